The second-order valence-corrected chi connectivity index (χ2v) is 4.68. The van der Waals surface area contributed by atoms with E-state index in [1.807, 2.05) is 54.7 Å². The van der Waals surface area contributed by atoms with Crippen molar-refractivity contribution in [1.82, 2.24) is 0 Å². The van der Waals surface area contributed by atoms with Crippen LogP contribution in [0.3, 0.4) is 0 Å². The molecule has 1 aliphatic heterocycles. The van der Waals surface area contributed by atoms with E-state index in [9.17, 15) is 0 Å². The standard InChI is InChI=1S/C17H16N2O/c1-20-16-10-6-5-9-14(16)11-15-12-18-17(19-15)13-7-3-2-4-8-13/h2-10,12,15H,11H2,1H3. The minimum atomic E-state index is 0.0847. The Labute approximate surface area is 118 Å². The van der Waals surface area contributed by atoms with E-state index < -0.39 is 0 Å². The molecule has 0 N–H and O–H groups in total. The highest BCUT2D eigenvalue weighted by Crippen LogP contribution is 2.21. The number of amidine groups is 1. The molecule has 20 heavy (non-hydrogen) atoms. The molecule has 100 valence electrons. The van der Waals surface area contributed by atoms with Crippen molar-refractivity contribution >= 4 is 12.1 Å². The molecular formula is C17H16N2O. The monoisotopic (exact) mass is 264 g/mol. The van der Waals surface area contributed by atoms with Crippen molar-refractivity contribution < 1.29 is 4.74 Å². The Kier molecular flexibility index (Phi) is 3.59. The molecule has 3 heteroatoms. The maximum Gasteiger partial charge on any atom is 0.154 e. The van der Waals surface area contributed by atoms with Crippen molar-refractivity contribution in [2.75, 3.05) is 7.11 Å². The average Bonchev–Trinajstić information content (AvgIpc) is 2.97. The second kappa shape index (κ2) is 5.70. The Morgan fingerprint density at radius 2 is 1.75 bits per heavy atom. The van der Waals surface area contributed by atoms with Crippen LogP contribution in [-0.2, 0) is 6.42 Å². The zero-order valence-electron chi connectivity index (χ0n) is 11.4. The normalized spacial score (nSPS) is 17.1. The number of nitrogens with zero attached hydrogens (tertiary/aromatic N) is 2. The van der Waals surface area contributed by atoms with Crippen LogP contribution in [0.15, 0.2) is 64.6 Å². The van der Waals surface area contributed by atoms with Crippen LogP contribution in [0.4, 0.5) is 0 Å². The Hall–Kier alpha value is -2.42. The van der Waals surface area contributed by atoms with Crippen LogP contribution < -0.4 is 4.74 Å². The SMILES string of the molecule is COc1ccccc1CC1C=NC(c2ccccc2)=N1. The quantitative estimate of drug-likeness (QED) is 0.835. The third kappa shape index (κ3) is 2.62. The third-order valence-corrected chi connectivity index (χ3v) is 3.31. The fourth-order valence-electron chi connectivity index (χ4n) is 2.31. The van der Waals surface area contributed by atoms with Crippen LogP contribution in [0, 0.1) is 0 Å². The van der Waals surface area contributed by atoms with Gasteiger partial charge in [0.1, 0.15) is 5.75 Å². The lowest BCUT2D eigenvalue weighted by Gasteiger charge is -2.09. The van der Waals surface area contributed by atoms with Gasteiger partial charge in [-0.05, 0) is 11.6 Å². The lowest BCUT2D eigenvalue weighted by atomic mass is 10.1. The summed E-state index contributed by atoms with van der Waals surface area (Å²) >= 11 is 0. The first-order valence-electron chi connectivity index (χ1n) is 6.66. The summed E-state index contributed by atoms with van der Waals surface area (Å²) in [4.78, 5) is 9.09. The molecule has 0 radical (unpaired) electrons. The summed E-state index contributed by atoms with van der Waals surface area (Å²) in [6.45, 7) is 0. The van der Waals surface area contributed by atoms with Crippen molar-refractivity contribution in [3.63, 3.8) is 0 Å². The van der Waals surface area contributed by atoms with E-state index in [0.717, 1.165) is 29.1 Å². The van der Waals surface area contributed by atoms with E-state index in [-0.39, 0.29) is 6.04 Å². The van der Waals surface area contributed by atoms with Crippen LogP contribution in [0.1, 0.15) is 11.1 Å². The van der Waals surface area contributed by atoms with Crippen molar-refractivity contribution in [3.8, 4) is 5.75 Å². The molecule has 1 heterocycles. The minimum absolute atomic E-state index is 0.0847. The lowest BCUT2D eigenvalue weighted by Crippen LogP contribution is -2.08. The molecule has 0 saturated carbocycles. The molecule has 1 unspecified atom stereocenters. The van der Waals surface area contributed by atoms with Crippen molar-refractivity contribution in [3.05, 3.63) is 65.7 Å². The highest BCUT2D eigenvalue weighted by Gasteiger charge is 2.16. The number of methoxy groups -OCH3 is 1. The Morgan fingerprint density at radius 1 is 1.00 bits per heavy atom. The van der Waals surface area contributed by atoms with Gasteiger partial charge in [0.05, 0.1) is 13.2 Å². The predicted octanol–water partition coefficient (Wildman–Crippen LogP) is 3.14. The van der Waals surface area contributed by atoms with E-state index in [2.05, 4.69) is 16.1 Å². The van der Waals surface area contributed by atoms with Gasteiger partial charge in [-0.25, -0.2) is 4.99 Å². The molecular weight excluding hydrogens is 248 g/mol. The molecule has 2 aromatic carbocycles. The smallest absolute Gasteiger partial charge is 0.154 e. The highest BCUT2D eigenvalue weighted by molar-refractivity contribution is 6.07. The molecule has 1 atom stereocenters. The van der Waals surface area contributed by atoms with Crippen LogP contribution in [0.25, 0.3) is 0 Å². The average molecular weight is 264 g/mol. The number of ether oxygens (including phenoxy) is 1. The molecule has 0 aliphatic carbocycles. The summed E-state index contributed by atoms with van der Waals surface area (Å²) < 4.78 is 5.37. The van der Waals surface area contributed by atoms with Gasteiger partial charge in [0.15, 0.2) is 5.84 Å². The summed E-state index contributed by atoms with van der Waals surface area (Å²) in [5.74, 6) is 1.72. The third-order valence-electron chi connectivity index (χ3n) is 3.31. The highest BCUT2D eigenvalue weighted by atomic mass is 16.5. The van der Waals surface area contributed by atoms with E-state index in [4.69, 9.17) is 4.74 Å². The largest absolute Gasteiger partial charge is 0.496 e. The molecule has 0 spiro atoms. The Bertz CT molecular complexity index is 647. The van der Waals surface area contributed by atoms with Crippen molar-refractivity contribution in [1.29, 1.82) is 0 Å². The maximum atomic E-state index is 5.37. The summed E-state index contributed by atoms with van der Waals surface area (Å²) in [5, 5.41) is 0. The molecule has 0 fully saturated rings. The number of hydrogen-bond acceptors (Lipinski definition) is 3. The van der Waals surface area contributed by atoms with Gasteiger partial charge in [-0.2, -0.15) is 0 Å². The van der Waals surface area contributed by atoms with Gasteiger partial charge in [0, 0.05) is 18.2 Å². The van der Waals surface area contributed by atoms with E-state index in [1.165, 1.54) is 0 Å². The zero-order valence-corrected chi connectivity index (χ0v) is 11.4. The topological polar surface area (TPSA) is 34.0 Å². The first-order valence-corrected chi connectivity index (χ1v) is 6.66. The molecule has 3 nitrogen and oxygen atoms in total. The van der Waals surface area contributed by atoms with E-state index in [1.54, 1.807) is 7.11 Å². The summed E-state index contributed by atoms with van der Waals surface area (Å²) in [5.41, 5.74) is 2.22. The molecule has 2 aromatic rings. The summed E-state index contributed by atoms with van der Waals surface area (Å²) in [6.07, 6.45) is 2.72. The molecule has 1 aliphatic rings. The van der Waals surface area contributed by atoms with Gasteiger partial charge in [0.2, 0.25) is 0 Å². The number of aliphatic imine (C=N–C) groups is 2. The minimum Gasteiger partial charge on any atom is -0.496 e. The van der Waals surface area contributed by atoms with Gasteiger partial charge in [-0.3, -0.25) is 4.99 Å². The van der Waals surface area contributed by atoms with Gasteiger partial charge >= 0.3 is 0 Å². The van der Waals surface area contributed by atoms with Crippen LogP contribution in [0.2, 0.25) is 0 Å². The molecule has 0 bridgehead atoms. The number of para-hydroxylation sites is 1. The molecule has 0 saturated heterocycles. The summed E-state index contributed by atoms with van der Waals surface area (Å²) in [6, 6.07) is 18.2. The van der Waals surface area contributed by atoms with Crippen LogP contribution in [0.5, 0.6) is 5.75 Å². The van der Waals surface area contributed by atoms with Crippen LogP contribution >= 0.6 is 0 Å². The second-order valence-electron chi connectivity index (χ2n) is 4.68. The Balaban J connectivity index is 1.78. The first kappa shape index (κ1) is 12.6. The number of rotatable bonds is 4. The van der Waals surface area contributed by atoms with Crippen LogP contribution in [-0.4, -0.2) is 25.2 Å². The van der Waals surface area contributed by atoms with E-state index >= 15 is 0 Å². The molecule has 0 aromatic heterocycles. The predicted molar refractivity (Wildman–Crippen MR) is 82.0 cm³/mol. The number of benzene rings is 2. The Morgan fingerprint density at radius 3 is 2.55 bits per heavy atom. The maximum absolute atomic E-state index is 5.37. The fraction of sp³-hybridized carbons (Fsp3) is 0.176. The van der Waals surface area contributed by atoms with Crippen molar-refractivity contribution in [2.24, 2.45) is 9.98 Å². The van der Waals surface area contributed by atoms with Gasteiger partial charge in [-0.15, -0.1) is 0 Å². The zero-order chi connectivity index (χ0) is 13.8. The molecule has 3 rings (SSSR count). The summed E-state index contributed by atoms with van der Waals surface area (Å²) in [7, 11) is 1.69. The number of hydrogen-bond donors (Lipinski definition) is 0. The van der Waals surface area contributed by atoms with E-state index in [0.29, 0.717) is 0 Å². The van der Waals surface area contributed by atoms with Gasteiger partial charge < -0.3 is 4.74 Å². The van der Waals surface area contributed by atoms with Crippen molar-refractivity contribution in [2.45, 2.75) is 12.5 Å². The van der Waals surface area contributed by atoms with Gasteiger partial charge in [0.25, 0.3) is 0 Å². The fourth-order valence-corrected chi connectivity index (χ4v) is 2.31. The lowest BCUT2D eigenvalue weighted by molar-refractivity contribution is 0.409. The molecule has 0 amide bonds. The van der Waals surface area contributed by atoms with Gasteiger partial charge in [-0.1, -0.05) is 48.5 Å². The first-order chi connectivity index (χ1) is 9.86.